The van der Waals surface area contributed by atoms with E-state index in [2.05, 4.69) is 20.9 Å². The first-order chi connectivity index (χ1) is 21.3. The fourth-order valence-electron chi connectivity index (χ4n) is 5.34. The lowest BCUT2D eigenvalue weighted by Crippen LogP contribution is -2.36. The summed E-state index contributed by atoms with van der Waals surface area (Å²) in [6.45, 7) is 2.06. The van der Waals surface area contributed by atoms with E-state index >= 15 is 0 Å². The molecule has 0 saturated carbocycles. The van der Waals surface area contributed by atoms with Crippen molar-refractivity contribution in [3.8, 4) is 16.9 Å². The van der Waals surface area contributed by atoms with Gasteiger partial charge in [0.05, 0.1) is 12.8 Å². The molecular formula is C32H31N7O4S. The first-order valence-corrected chi connectivity index (χ1v) is 14.9. The monoisotopic (exact) mass is 609 g/mol. The number of carbonyl (C=O) groups excluding carboxylic acids is 3. The van der Waals surface area contributed by atoms with Crippen LogP contribution in [0.25, 0.3) is 38.2 Å². The molecule has 11 nitrogen and oxygen atoms in total. The molecule has 2 aromatic carbocycles. The summed E-state index contributed by atoms with van der Waals surface area (Å²) in [7, 11) is 3.42. The topological polar surface area (TPSA) is 144 Å². The number of ether oxygens (including phenoxy) is 1. The van der Waals surface area contributed by atoms with Crippen LogP contribution in [0.2, 0.25) is 0 Å². The maximum Gasteiger partial charge on any atom is 0.317 e. The molecule has 0 radical (unpaired) electrons. The minimum atomic E-state index is -0.267. The molecule has 1 aliphatic heterocycles. The Hall–Kier alpha value is -5.36. The third-order valence-electron chi connectivity index (χ3n) is 7.64. The molecule has 0 atom stereocenters. The summed E-state index contributed by atoms with van der Waals surface area (Å²) in [5, 5.41) is 12.3. The quantitative estimate of drug-likeness (QED) is 0.182. The summed E-state index contributed by atoms with van der Waals surface area (Å²) in [5.41, 5.74) is 10.8. The number of para-hydroxylation sites is 1. The molecule has 1 aliphatic rings. The number of fused-ring (bicyclic) bond motifs is 2. The van der Waals surface area contributed by atoms with Crippen LogP contribution in [0.3, 0.4) is 0 Å². The number of pyridine rings is 1. The highest BCUT2D eigenvalue weighted by Gasteiger charge is 2.20. The van der Waals surface area contributed by atoms with E-state index in [9.17, 15) is 14.4 Å². The van der Waals surface area contributed by atoms with Crippen molar-refractivity contribution in [3.05, 3.63) is 77.4 Å². The Labute approximate surface area is 257 Å². The molecule has 4 amide bonds. The first-order valence-electron chi connectivity index (χ1n) is 14.0. The fraction of sp³-hybridized carbons (Fsp3) is 0.188. The van der Waals surface area contributed by atoms with Gasteiger partial charge in [-0.2, -0.15) is 0 Å². The molecular weight excluding hydrogens is 578 g/mol. The molecule has 4 heterocycles. The summed E-state index contributed by atoms with van der Waals surface area (Å²) in [4.78, 5) is 43.3. The minimum absolute atomic E-state index is 0.114. The summed E-state index contributed by atoms with van der Waals surface area (Å²) in [6, 6.07) is 15.1. The molecule has 5 N–H and O–H groups in total. The van der Waals surface area contributed by atoms with Gasteiger partial charge in [-0.3, -0.25) is 9.59 Å². The zero-order valence-electron chi connectivity index (χ0n) is 24.2. The summed E-state index contributed by atoms with van der Waals surface area (Å²) in [6.07, 6.45) is 4.80. The van der Waals surface area contributed by atoms with Crippen LogP contribution in [0, 0.1) is 0 Å². The van der Waals surface area contributed by atoms with E-state index in [-0.39, 0.29) is 17.8 Å². The number of nitrogens with two attached hydrogens (primary N) is 1. The van der Waals surface area contributed by atoms with Gasteiger partial charge in [0.15, 0.2) is 0 Å². The predicted molar refractivity (Wildman–Crippen MR) is 174 cm³/mol. The molecule has 44 heavy (non-hydrogen) atoms. The summed E-state index contributed by atoms with van der Waals surface area (Å²) < 4.78 is 8.42. The zero-order valence-corrected chi connectivity index (χ0v) is 25.0. The zero-order chi connectivity index (χ0) is 30.8. The van der Waals surface area contributed by atoms with Gasteiger partial charge in [-0.25, -0.2) is 9.78 Å². The smallest absolute Gasteiger partial charge is 0.317 e. The lowest BCUT2D eigenvalue weighted by atomic mass is 10.0. The molecule has 12 heteroatoms. The number of aromatic nitrogens is 2. The highest BCUT2D eigenvalue weighted by molar-refractivity contribution is 7.18. The van der Waals surface area contributed by atoms with E-state index in [0.717, 1.165) is 37.7 Å². The minimum Gasteiger partial charge on any atom is -0.495 e. The lowest BCUT2D eigenvalue weighted by Gasteiger charge is -2.13. The van der Waals surface area contributed by atoms with Gasteiger partial charge in [-0.15, -0.1) is 11.3 Å². The molecule has 5 aromatic rings. The number of carbonyl (C=O) groups is 3. The number of anilines is 2. The van der Waals surface area contributed by atoms with Gasteiger partial charge >= 0.3 is 6.03 Å². The molecule has 0 unspecified atom stereocenters. The molecule has 1 saturated heterocycles. The average molecular weight is 610 g/mol. The van der Waals surface area contributed by atoms with E-state index < -0.39 is 0 Å². The summed E-state index contributed by atoms with van der Waals surface area (Å²) >= 11 is 1.50. The van der Waals surface area contributed by atoms with Gasteiger partial charge in [0, 0.05) is 77.6 Å². The van der Waals surface area contributed by atoms with E-state index in [4.69, 9.17) is 10.5 Å². The van der Waals surface area contributed by atoms with Crippen molar-refractivity contribution in [2.24, 2.45) is 7.05 Å². The Morgan fingerprint density at radius 2 is 2.05 bits per heavy atom. The van der Waals surface area contributed by atoms with Crippen molar-refractivity contribution >= 4 is 67.8 Å². The van der Waals surface area contributed by atoms with Gasteiger partial charge in [0.1, 0.15) is 17.3 Å². The van der Waals surface area contributed by atoms with Crippen molar-refractivity contribution in [2.45, 2.75) is 0 Å². The fourth-order valence-corrected chi connectivity index (χ4v) is 6.41. The second-order valence-corrected chi connectivity index (χ2v) is 11.2. The van der Waals surface area contributed by atoms with Crippen molar-refractivity contribution in [1.29, 1.82) is 0 Å². The number of nitrogen functional groups attached to an aromatic ring is 1. The SMILES string of the molecule is COc1cc(-c2csc3c(/C=C/C(=O)NCCN4CCNC4=O)cnc(N)c23)ccc1NC(=O)c1cc2ccccc2n1C. The number of aryl methyl sites for hydroxylation is 1. The van der Waals surface area contributed by atoms with Crippen molar-refractivity contribution in [3.63, 3.8) is 0 Å². The molecule has 0 spiro atoms. The molecule has 224 valence electrons. The Morgan fingerprint density at radius 1 is 1.20 bits per heavy atom. The lowest BCUT2D eigenvalue weighted by molar-refractivity contribution is -0.116. The van der Waals surface area contributed by atoms with Crippen LogP contribution in [-0.2, 0) is 11.8 Å². The van der Waals surface area contributed by atoms with Gasteiger partial charge in [0.2, 0.25) is 5.91 Å². The van der Waals surface area contributed by atoms with E-state index in [1.54, 1.807) is 24.3 Å². The van der Waals surface area contributed by atoms with Crippen LogP contribution >= 0.6 is 11.3 Å². The van der Waals surface area contributed by atoms with Crippen LogP contribution in [0.15, 0.2) is 66.2 Å². The number of hydrogen-bond donors (Lipinski definition) is 4. The third kappa shape index (κ3) is 5.54. The molecule has 6 rings (SSSR count). The first kappa shape index (κ1) is 28.7. The van der Waals surface area contributed by atoms with Gasteiger partial charge in [-0.05, 0) is 41.3 Å². The van der Waals surface area contributed by atoms with E-state index in [1.807, 2.05) is 65.5 Å². The number of nitrogens with one attached hydrogen (secondary N) is 3. The Balaban J connectivity index is 1.20. The third-order valence-corrected chi connectivity index (χ3v) is 8.67. The van der Waals surface area contributed by atoms with Crippen LogP contribution in [0.5, 0.6) is 5.75 Å². The highest BCUT2D eigenvalue weighted by Crippen LogP contribution is 2.41. The number of urea groups is 1. The number of thiophene rings is 1. The number of hydrogen-bond acceptors (Lipinski definition) is 7. The van der Waals surface area contributed by atoms with Gasteiger partial charge in [0.25, 0.3) is 5.91 Å². The van der Waals surface area contributed by atoms with Gasteiger partial charge < -0.3 is 35.9 Å². The van der Waals surface area contributed by atoms with E-state index in [0.29, 0.717) is 49.1 Å². The highest BCUT2D eigenvalue weighted by atomic mass is 32.1. The standard InChI is InChI=1S/C32H31N7O4S/c1-38-24-6-4-3-5-20(24)15-25(38)31(41)37-23-9-7-19(16-26(23)43-2)22-18-44-29-21(17-36-30(33)28(22)29)8-10-27(40)34-11-13-39-14-12-35-32(39)42/h3-10,15-18H,11-14H2,1-2H3,(H2,33,36)(H,34,40)(H,35,42)(H,37,41)/b10-8+. The van der Waals surface area contributed by atoms with Crippen LogP contribution in [0.4, 0.5) is 16.3 Å². The Bertz CT molecular complexity index is 1940. The van der Waals surface area contributed by atoms with Gasteiger partial charge in [-0.1, -0.05) is 24.3 Å². The number of amides is 4. The van der Waals surface area contributed by atoms with Crippen molar-refractivity contribution in [1.82, 2.24) is 25.1 Å². The normalized spacial score (nSPS) is 13.1. The Kier molecular flexibility index (Phi) is 7.90. The average Bonchev–Trinajstić information content (AvgIpc) is 3.75. The predicted octanol–water partition coefficient (Wildman–Crippen LogP) is 4.45. The number of methoxy groups -OCH3 is 1. The molecule has 3 aromatic heterocycles. The molecule has 1 fully saturated rings. The van der Waals surface area contributed by atoms with Crippen LogP contribution < -0.4 is 26.4 Å². The van der Waals surface area contributed by atoms with E-state index in [1.165, 1.54) is 17.4 Å². The Morgan fingerprint density at radius 3 is 2.82 bits per heavy atom. The second kappa shape index (κ2) is 12.1. The largest absolute Gasteiger partial charge is 0.495 e. The number of nitrogens with zero attached hydrogens (tertiary/aromatic N) is 3. The summed E-state index contributed by atoms with van der Waals surface area (Å²) in [5.74, 6) is 0.358. The second-order valence-electron chi connectivity index (χ2n) is 10.3. The molecule has 0 bridgehead atoms. The van der Waals surface area contributed by atoms with Crippen LogP contribution in [-0.4, -0.2) is 65.6 Å². The number of benzene rings is 2. The maximum atomic E-state index is 13.2. The maximum absolute atomic E-state index is 13.2. The van der Waals surface area contributed by atoms with Crippen LogP contribution in [0.1, 0.15) is 16.1 Å². The van der Waals surface area contributed by atoms with Crippen molar-refractivity contribution in [2.75, 3.05) is 44.3 Å². The molecule has 0 aliphatic carbocycles. The number of rotatable bonds is 9. The van der Waals surface area contributed by atoms with Crippen molar-refractivity contribution < 1.29 is 19.1 Å².